The summed E-state index contributed by atoms with van der Waals surface area (Å²) in [5.74, 6) is -0.260. The van der Waals surface area contributed by atoms with Crippen LogP contribution in [0.15, 0.2) is 83.3 Å². The van der Waals surface area contributed by atoms with Gasteiger partial charge in [-0.25, -0.2) is 13.9 Å². The van der Waals surface area contributed by atoms with E-state index in [9.17, 15) is 18.8 Å². The maximum absolute atomic E-state index is 13.5. The number of aromatic amines is 1. The highest BCUT2D eigenvalue weighted by molar-refractivity contribution is 6.13. The average molecular weight is 513 g/mol. The highest BCUT2D eigenvalue weighted by atomic mass is 19.1. The number of imide groups is 1. The van der Waals surface area contributed by atoms with Gasteiger partial charge in [0.2, 0.25) is 0 Å². The van der Waals surface area contributed by atoms with E-state index in [2.05, 4.69) is 10.4 Å². The van der Waals surface area contributed by atoms with Crippen LogP contribution in [-0.2, 0) is 17.8 Å². The number of carbonyl (C=O) groups is 2. The van der Waals surface area contributed by atoms with Gasteiger partial charge in [0.05, 0.1) is 24.9 Å². The van der Waals surface area contributed by atoms with E-state index < -0.39 is 17.5 Å². The number of urea groups is 1. The molecule has 0 aliphatic carbocycles. The molecule has 3 aromatic carbocycles. The molecule has 0 unspecified atom stereocenters. The molecule has 38 heavy (non-hydrogen) atoms. The number of aryl methyl sites for hydroxylation is 1. The Balaban J connectivity index is 1.52. The Bertz CT molecular complexity index is 1600. The maximum Gasteiger partial charge on any atom is 0.329 e. The van der Waals surface area contributed by atoms with Crippen LogP contribution in [0, 0.1) is 12.7 Å². The van der Waals surface area contributed by atoms with Gasteiger partial charge in [-0.3, -0.25) is 19.6 Å². The molecule has 192 valence electrons. The average Bonchev–Trinajstić information content (AvgIpc) is 3.36. The van der Waals surface area contributed by atoms with Crippen LogP contribution in [0.1, 0.15) is 27.9 Å². The summed E-state index contributed by atoms with van der Waals surface area (Å²) in [4.78, 5) is 40.5. The van der Waals surface area contributed by atoms with Crippen molar-refractivity contribution in [3.05, 3.63) is 123 Å². The Labute approximate surface area is 218 Å². The molecule has 3 amide bonds. The number of hydrogen-bond donors (Lipinski definition) is 2. The molecule has 2 heterocycles. The van der Waals surface area contributed by atoms with Crippen molar-refractivity contribution in [3.8, 4) is 11.4 Å². The van der Waals surface area contributed by atoms with E-state index in [4.69, 9.17) is 4.74 Å². The zero-order valence-electron chi connectivity index (χ0n) is 20.8. The Morgan fingerprint density at radius 2 is 1.68 bits per heavy atom. The Morgan fingerprint density at radius 3 is 2.37 bits per heavy atom. The third-order valence-corrected chi connectivity index (χ3v) is 6.30. The van der Waals surface area contributed by atoms with E-state index in [0.29, 0.717) is 17.1 Å². The summed E-state index contributed by atoms with van der Waals surface area (Å²) in [5.41, 5.74) is 3.47. The van der Waals surface area contributed by atoms with E-state index in [1.807, 2.05) is 31.2 Å². The second-order valence-electron chi connectivity index (χ2n) is 9.01. The van der Waals surface area contributed by atoms with Crippen molar-refractivity contribution in [3.63, 3.8) is 0 Å². The van der Waals surface area contributed by atoms with Gasteiger partial charge in [0, 0.05) is 12.1 Å². The number of ether oxygens (including phenoxy) is 1. The Morgan fingerprint density at radius 1 is 0.947 bits per heavy atom. The van der Waals surface area contributed by atoms with Crippen LogP contribution < -0.4 is 15.6 Å². The fraction of sp³-hybridized carbons (Fsp3) is 0.138. The molecule has 1 aliphatic heterocycles. The van der Waals surface area contributed by atoms with Crippen molar-refractivity contribution in [1.29, 1.82) is 0 Å². The van der Waals surface area contributed by atoms with E-state index in [1.54, 1.807) is 43.5 Å². The van der Waals surface area contributed by atoms with Gasteiger partial charge in [0.1, 0.15) is 17.3 Å². The summed E-state index contributed by atoms with van der Waals surface area (Å²) < 4.78 is 20.0. The largest absolute Gasteiger partial charge is 0.497 e. The van der Waals surface area contributed by atoms with Crippen molar-refractivity contribution in [2.75, 3.05) is 7.11 Å². The van der Waals surface area contributed by atoms with Crippen molar-refractivity contribution >= 4 is 18.0 Å². The fourth-order valence-corrected chi connectivity index (χ4v) is 4.35. The van der Waals surface area contributed by atoms with E-state index in [0.717, 1.165) is 21.6 Å². The van der Waals surface area contributed by atoms with Crippen LogP contribution in [-0.4, -0.2) is 33.7 Å². The first-order chi connectivity index (χ1) is 18.3. The zero-order chi connectivity index (χ0) is 26.8. The number of hydrogen-bond acceptors (Lipinski definition) is 4. The second kappa shape index (κ2) is 10.2. The lowest BCUT2D eigenvalue weighted by atomic mass is 10.1. The molecule has 2 N–H and O–H groups in total. The van der Waals surface area contributed by atoms with Gasteiger partial charge in [-0.05, 0) is 60.5 Å². The van der Waals surface area contributed by atoms with Crippen molar-refractivity contribution in [2.45, 2.75) is 19.9 Å². The monoisotopic (exact) mass is 512 g/mol. The lowest BCUT2D eigenvalue weighted by Crippen LogP contribution is -2.30. The molecule has 0 radical (unpaired) electrons. The normalized spacial score (nSPS) is 14.3. The molecule has 0 atom stereocenters. The number of halogens is 1. The lowest BCUT2D eigenvalue weighted by molar-refractivity contribution is -0.123. The van der Waals surface area contributed by atoms with Crippen LogP contribution in [0.3, 0.4) is 0 Å². The van der Waals surface area contributed by atoms with Gasteiger partial charge in [-0.1, -0.05) is 42.0 Å². The quantitative estimate of drug-likeness (QED) is 0.285. The van der Waals surface area contributed by atoms with E-state index in [1.165, 1.54) is 22.9 Å². The molecule has 1 aromatic heterocycles. The predicted octanol–water partition coefficient (Wildman–Crippen LogP) is 4.31. The second-order valence-corrected chi connectivity index (χ2v) is 9.01. The summed E-state index contributed by atoms with van der Waals surface area (Å²) in [5, 5.41) is 5.71. The summed E-state index contributed by atoms with van der Waals surface area (Å²) in [6, 6.07) is 19.8. The number of carbonyl (C=O) groups excluding carboxylic acids is 2. The lowest BCUT2D eigenvalue weighted by Gasteiger charge is -2.12. The van der Waals surface area contributed by atoms with Crippen LogP contribution in [0.25, 0.3) is 11.8 Å². The summed E-state index contributed by atoms with van der Waals surface area (Å²) in [7, 11) is 1.55. The van der Waals surface area contributed by atoms with E-state index >= 15 is 0 Å². The number of aromatic nitrogens is 2. The van der Waals surface area contributed by atoms with Gasteiger partial charge in [-0.2, -0.15) is 0 Å². The molecule has 0 spiro atoms. The third-order valence-electron chi connectivity index (χ3n) is 6.30. The summed E-state index contributed by atoms with van der Waals surface area (Å²) in [6.45, 7) is 2.04. The standard InChI is InChI=1S/C29H25FN4O4/c1-18-4-3-5-20(14-18)17-33-28(36)26(31-29(33)37)16-24-25(15-19-6-8-21(30)9-7-19)32-34(27(24)35)22-10-12-23(38-2)13-11-22/h3-14,16,32H,15,17H2,1-2H3,(H,31,37)/b26-16-. The molecule has 1 aliphatic rings. The predicted molar refractivity (Wildman–Crippen MR) is 140 cm³/mol. The first-order valence-corrected chi connectivity index (χ1v) is 12.0. The SMILES string of the molecule is COc1ccc(-n2[nH]c(Cc3ccc(F)cc3)c(/C=C3\NC(=O)N(Cc4cccc(C)c4)C3=O)c2=O)cc1. The minimum atomic E-state index is -0.561. The first-order valence-electron chi connectivity index (χ1n) is 12.0. The maximum atomic E-state index is 13.5. The summed E-state index contributed by atoms with van der Waals surface area (Å²) >= 11 is 0. The van der Waals surface area contributed by atoms with Crippen molar-refractivity contribution in [1.82, 2.24) is 20.0 Å². The van der Waals surface area contributed by atoms with Crippen LogP contribution in [0.5, 0.6) is 5.75 Å². The third kappa shape index (κ3) is 4.99. The molecule has 5 rings (SSSR count). The van der Waals surface area contributed by atoms with Gasteiger partial charge in [0.15, 0.2) is 0 Å². The minimum Gasteiger partial charge on any atom is -0.497 e. The first kappa shape index (κ1) is 24.8. The number of methoxy groups -OCH3 is 1. The molecule has 8 nitrogen and oxygen atoms in total. The summed E-state index contributed by atoms with van der Waals surface area (Å²) in [6.07, 6.45) is 1.67. The molecule has 0 bridgehead atoms. The van der Waals surface area contributed by atoms with Crippen molar-refractivity contribution < 1.29 is 18.7 Å². The molecule has 1 fully saturated rings. The highest BCUT2D eigenvalue weighted by Crippen LogP contribution is 2.21. The van der Waals surface area contributed by atoms with Crippen molar-refractivity contribution in [2.24, 2.45) is 0 Å². The Kier molecular flexibility index (Phi) is 6.66. The number of benzene rings is 3. The van der Waals surface area contributed by atoms with Gasteiger partial charge >= 0.3 is 6.03 Å². The van der Waals surface area contributed by atoms with E-state index in [-0.39, 0.29) is 30.0 Å². The molecule has 0 saturated carbocycles. The molecule has 9 heteroatoms. The number of amides is 3. The number of nitrogens with one attached hydrogen (secondary N) is 2. The number of nitrogens with zero attached hydrogens (tertiary/aromatic N) is 2. The smallest absolute Gasteiger partial charge is 0.329 e. The van der Waals surface area contributed by atoms with Gasteiger partial charge in [0.25, 0.3) is 11.5 Å². The van der Waals surface area contributed by atoms with Gasteiger partial charge < -0.3 is 10.1 Å². The molecule has 1 saturated heterocycles. The Hall–Kier alpha value is -4.92. The fourth-order valence-electron chi connectivity index (χ4n) is 4.35. The van der Waals surface area contributed by atoms with Crippen LogP contribution in [0.2, 0.25) is 0 Å². The highest BCUT2D eigenvalue weighted by Gasteiger charge is 2.34. The van der Waals surface area contributed by atoms with Gasteiger partial charge in [-0.15, -0.1) is 0 Å². The van der Waals surface area contributed by atoms with Crippen LogP contribution >= 0.6 is 0 Å². The number of H-pyrrole nitrogens is 1. The van der Waals surface area contributed by atoms with Crippen LogP contribution in [0.4, 0.5) is 9.18 Å². The zero-order valence-corrected chi connectivity index (χ0v) is 20.8. The minimum absolute atomic E-state index is 0.000917. The molecular weight excluding hydrogens is 487 g/mol. The molecule has 4 aromatic rings. The topological polar surface area (TPSA) is 96.4 Å². The molecular formula is C29H25FN4O4. The number of rotatable bonds is 7.